The van der Waals surface area contributed by atoms with Crippen LogP contribution in [0.3, 0.4) is 0 Å². The second-order valence-corrected chi connectivity index (χ2v) is 5.11. The van der Waals surface area contributed by atoms with E-state index in [1.54, 1.807) is 42.5 Å². The summed E-state index contributed by atoms with van der Waals surface area (Å²) in [6.45, 7) is 1.90. The topological polar surface area (TPSA) is 58.2 Å². The minimum absolute atomic E-state index is 0.172. The van der Waals surface area contributed by atoms with Gasteiger partial charge in [-0.25, -0.2) is 0 Å². The third kappa shape index (κ3) is 4.61. The molecule has 0 fully saturated rings. The van der Waals surface area contributed by atoms with Crippen molar-refractivity contribution >= 4 is 23.4 Å². The van der Waals surface area contributed by atoms with Crippen LogP contribution in [0.1, 0.15) is 21.5 Å². The van der Waals surface area contributed by atoms with E-state index in [0.717, 1.165) is 11.1 Å². The maximum atomic E-state index is 11.9. The highest BCUT2D eigenvalue weighted by molar-refractivity contribution is 6.30. The molecule has 2 amide bonds. The van der Waals surface area contributed by atoms with E-state index in [4.69, 9.17) is 11.6 Å². The molecular weight excluding hydrogens is 288 g/mol. The maximum Gasteiger partial charge on any atom is 0.269 e. The molecule has 0 atom stereocenters. The molecule has 0 radical (unpaired) electrons. The van der Waals surface area contributed by atoms with Crippen LogP contribution in [0.2, 0.25) is 5.02 Å². The lowest BCUT2D eigenvalue weighted by Gasteiger charge is -2.08. The molecule has 2 N–H and O–H groups in total. The zero-order valence-corrected chi connectivity index (χ0v) is 12.3. The Kier molecular flexibility index (Phi) is 4.95. The molecule has 0 aliphatic heterocycles. The van der Waals surface area contributed by atoms with Gasteiger partial charge in [-0.05, 0) is 36.8 Å². The zero-order chi connectivity index (χ0) is 15.2. The van der Waals surface area contributed by atoms with E-state index in [-0.39, 0.29) is 18.2 Å². The minimum atomic E-state index is -0.344. The number of halogens is 1. The van der Waals surface area contributed by atoms with Crippen LogP contribution in [0.5, 0.6) is 0 Å². The summed E-state index contributed by atoms with van der Waals surface area (Å²) in [5.41, 5.74) is 7.09. The molecule has 21 heavy (non-hydrogen) atoms. The van der Waals surface area contributed by atoms with Gasteiger partial charge in [0.25, 0.3) is 5.91 Å². The summed E-state index contributed by atoms with van der Waals surface area (Å²) in [7, 11) is 0. The Labute approximate surface area is 128 Å². The molecule has 2 aromatic carbocycles. The number of hydrogen-bond acceptors (Lipinski definition) is 2. The van der Waals surface area contributed by atoms with Gasteiger partial charge in [0.1, 0.15) is 0 Å². The smallest absolute Gasteiger partial charge is 0.269 e. The zero-order valence-electron chi connectivity index (χ0n) is 11.5. The molecule has 4 nitrogen and oxygen atoms in total. The van der Waals surface area contributed by atoms with Crippen molar-refractivity contribution in [2.24, 2.45) is 0 Å². The molecule has 0 bridgehead atoms. The van der Waals surface area contributed by atoms with Crippen molar-refractivity contribution in [2.45, 2.75) is 13.3 Å². The fourth-order valence-electron chi connectivity index (χ4n) is 1.82. The number of nitrogens with one attached hydrogen (secondary N) is 2. The van der Waals surface area contributed by atoms with Gasteiger partial charge in [-0.15, -0.1) is 0 Å². The lowest BCUT2D eigenvalue weighted by Crippen LogP contribution is -2.42. The Morgan fingerprint density at radius 2 is 1.76 bits per heavy atom. The third-order valence-electron chi connectivity index (χ3n) is 2.87. The van der Waals surface area contributed by atoms with Crippen LogP contribution in [0.4, 0.5) is 0 Å². The van der Waals surface area contributed by atoms with Gasteiger partial charge < -0.3 is 0 Å². The second kappa shape index (κ2) is 6.90. The fraction of sp³-hybridized carbons (Fsp3) is 0.125. The SMILES string of the molecule is Cc1cccc(C(=O)NNC(=O)Cc2ccc(Cl)cc2)c1. The molecule has 0 heterocycles. The van der Waals surface area contributed by atoms with Crippen molar-refractivity contribution in [1.82, 2.24) is 10.9 Å². The number of aryl methyl sites for hydroxylation is 1. The predicted molar refractivity (Wildman–Crippen MR) is 81.9 cm³/mol. The summed E-state index contributed by atoms with van der Waals surface area (Å²) in [4.78, 5) is 23.6. The van der Waals surface area contributed by atoms with Crippen LogP contribution in [-0.2, 0) is 11.2 Å². The molecule has 0 unspecified atom stereocenters. The minimum Gasteiger partial charge on any atom is -0.273 e. The standard InChI is InChI=1S/C16H15ClN2O2/c1-11-3-2-4-13(9-11)16(21)19-18-15(20)10-12-5-7-14(17)8-6-12/h2-9H,10H2,1H3,(H,18,20)(H,19,21). The van der Waals surface area contributed by atoms with Crippen molar-refractivity contribution in [1.29, 1.82) is 0 Å². The largest absolute Gasteiger partial charge is 0.273 e. The highest BCUT2D eigenvalue weighted by Crippen LogP contribution is 2.09. The van der Waals surface area contributed by atoms with E-state index in [2.05, 4.69) is 10.9 Å². The molecule has 0 aliphatic carbocycles. The van der Waals surface area contributed by atoms with E-state index in [1.807, 2.05) is 13.0 Å². The van der Waals surface area contributed by atoms with E-state index in [9.17, 15) is 9.59 Å². The molecule has 0 saturated carbocycles. The number of carbonyl (C=O) groups is 2. The Bertz CT molecular complexity index is 654. The van der Waals surface area contributed by atoms with Gasteiger partial charge in [-0.3, -0.25) is 20.4 Å². The number of rotatable bonds is 3. The van der Waals surface area contributed by atoms with Gasteiger partial charge in [0, 0.05) is 10.6 Å². The molecule has 0 spiro atoms. The number of amides is 2. The Morgan fingerprint density at radius 3 is 2.43 bits per heavy atom. The highest BCUT2D eigenvalue weighted by Gasteiger charge is 2.08. The number of benzene rings is 2. The van der Waals surface area contributed by atoms with E-state index in [1.165, 1.54) is 0 Å². The van der Waals surface area contributed by atoms with Crippen LogP contribution < -0.4 is 10.9 Å². The van der Waals surface area contributed by atoms with Crippen LogP contribution in [0.15, 0.2) is 48.5 Å². The van der Waals surface area contributed by atoms with Crippen LogP contribution in [0.25, 0.3) is 0 Å². The molecule has 5 heteroatoms. The summed E-state index contributed by atoms with van der Waals surface area (Å²) >= 11 is 5.77. The molecular formula is C16H15ClN2O2. The summed E-state index contributed by atoms with van der Waals surface area (Å²) in [5.74, 6) is -0.638. The summed E-state index contributed by atoms with van der Waals surface area (Å²) in [5, 5.41) is 0.618. The fourth-order valence-corrected chi connectivity index (χ4v) is 1.94. The lowest BCUT2D eigenvalue weighted by atomic mass is 10.1. The monoisotopic (exact) mass is 302 g/mol. The molecule has 108 valence electrons. The van der Waals surface area contributed by atoms with Crippen LogP contribution in [-0.4, -0.2) is 11.8 Å². The van der Waals surface area contributed by atoms with Crippen molar-refractivity contribution in [2.75, 3.05) is 0 Å². The van der Waals surface area contributed by atoms with Gasteiger partial charge in [0.2, 0.25) is 5.91 Å². The lowest BCUT2D eigenvalue weighted by molar-refractivity contribution is -0.121. The average molecular weight is 303 g/mol. The molecule has 2 rings (SSSR count). The van der Waals surface area contributed by atoms with Gasteiger partial charge in [0.15, 0.2) is 0 Å². The third-order valence-corrected chi connectivity index (χ3v) is 3.13. The first kappa shape index (κ1) is 15.1. The van der Waals surface area contributed by atoms with Crippen molar-refractivity contribution < 1.29 is 9.59 Å². The van der Waals surface area contributed by atoms with E-state index >= 15 is 0 Å². The van der Waals surface area contributed by atoms with Gasteiger partial charge in [-0.2, -0.15) is 0 Å². The predicted octanol–water partition coefficient (Wildman–Crippen LogP) is 2.65. The molecule has 0 aromatic heterocycles. The Balaban J connectivity index is 1.86. The maximum absolute atomic E-state index is 11.9. The Morgan fingerprint density at radius 1 is 1.05 bits per heavy atom. The van der Waals surface area contributed by atoms with Crippen LogP contribution >= 0.6 is 11.6 Å². The first-order chi connectivity index (χ1) is 10.0. The van der Waals surface area contributed by atoms with Gasteiger partial charge in [-0.1, -0.05) is 41.4 Å². The van der Waals surface area contributed by atoms with E-state index in [0.29, 0.717) is 10.6 Å². The number of hydrogen-bond donors (Lipinski definition) is 2. The molecule has 2 aromatic rings. The first-order valence-electron chi connectivity index (χ1n) is 6.45. The number of hydrazine groups is 1. The highest BCUT2D eigenvalue weighted by atomic mass is 35.5. The summed E-state index contributed by atoms with van der Waals surface area (Å²) < 4.78 is 0. The first-order valence-corrected chi connectivity index (χ1v) is 6.83. The van der Waals surface area contributed by atoms with Crippen LogP contribution in [0, 0.1) is 6.92 Å². The molecule has 0 saturated heterocycles. The normalized spacial score (nSPS) is 10.0. The Hall–Kier alpha value is -2.33. The molecule has 0 aliphatic rings. The summed E-state index contributed by atoms with van der Waals surface area (Å²) in [6, 6.07) is 14.1. The van der Waals surface area contributed by atoms with Gasteiger partial charge >= 0.3 is 0 Å². The van der Waals surface area contributed by atoms with Gasteiger partial charge in [0.05, 0.1) is 6.42 Å². The summed E-state index contributed by atoms with van der Waals surface area (Å²) in [6.07, 6.45) is 0.172. The van der Waals surface area contributed by atoms with Crippen molar-refractivity contribution in [3.8, 4) is 0 Å². The average Bonchev–Trinajstić information content (AvgIpc) is 2.47. The number of carbonyl (C=O) groups excluding carboxylic acids is 2. The second-order valence-electron chi connectivity index (χ2n) is 4.68. The van der Waals surface area contributed by atoms with Crippen molar-refractivity contribution in [3.63, 3.8) is 0 Å². The van der Waals surface area contributed by atoms with Crippen molar-refractivity contribution in [3.05, 3.63) is 70.2 Å². The van der Waals surface area contributed by atoms with E-state index < -0.39 is 0 Å². The quantitative estimate of drug-likeness (QED) is 0.856.